The van der Waals surface area contributed by atoms with Gasteiger partial charge in [-0.2, -0.15) is 0 Å². The molecule has 1 amide bonds. The second-order valence-corrected chi connectivity index (χ2v) is 7.14. The molecule has 0 radical (unpaired) electrons. The van der Waals surface area contributed by atoms with Gasteiger partial charge < -0.3 is 5.32 Å². The smallest absolute Gasteiger partial charge is 0.234 e. The summed E-state index contributed by atoms with van der Waals surface area (Å²) in [6.07, 6.45) is 0. The first kappa shape index (κ1) is 14.4. The summed E-state index contributed by atoms with van der Waals surface area (Å²) in [7, 11) is 0. The Kier molecular flexibility index (Phi) is 4.90. The van der Waals surface area contributed by atoms with E-state index < -0.39 is 0 Å². The highest BCUT2D eigenvalue weighted by Gasteiger charge is 2.14. The van der Waals surface area contributed by atoms with Crippen LogP contribution in [0.5, 0.6) is 0 Å². The van der Waals surface area contributed by atoms with Crippen LogP contribution in [0.4, 0.5) is 5.69 Å². The van der Waals surface area contributed by atoms with Crippen molar-refractivity contribution in [3.05, 3.63) is 28.8 Å². The molecular formula is C13H18ClNOS. The van der Waals surface area contributed by atoms with Crippen molar-refractivity contribution in [3.63, 3.8) is 0 Å². The fourth-order valence-electron chi connectivity index (χ4n) is 1.19. The van der Waals surface area contributed by atoms with E-state index in [1.54, 1.807) is 11.8 Å². The van der Waals surface area contributed by atoms with Crippen LogP contribution in [0.1, 0.15) is 26.3 Å². The summed E-state index contributed by atoms with van der Waals surface area (Å²) in [5.41, 5.74) is 1.76. The molecule has 0 unspecified atom stereocenters. The van der Waals surface area contributed by atoms with Crippen molar-refractivity contribution in [1.29, 1.82) is 0 Å². The van der Waals surface area contributed by atoms with E-state index in [0.29, 0.717) is 16.5 Å². The standard InChI is InChI=1S/C13H18ClNOS/c1-9-5-6-11(10(14)7-9)15-12(16)8-17-13(2,3)4/h5-7H,8H2,1-4H3,(H,15,16). The number of aryl methyl sites for hydroxylation is 1. The van der Waals surface area contributed by atoms with Crippen molar-refractivity contribution >= 4 is 35.0 Å². The van der Waals surface area contributed by atoms with Crippen LogP contribution in [0.3, 0.4) is 0 Å². The number of carbonyl (C=O) groups is 1. The predicted molar refractivity (Wildman–Crippen MR) is 77.0 cm³/mol. The van der Waals surface area contributed by atoms with Gasteiger partial charge in [-0.3, -0.25) is 4.79 Å². The van der Waals surface area contributed by atoms with Gasteiger partial charge in [0.1, 0.15) is 0 Å². The summed E-state index contributed by atoms with van der Waals surface area (Å²) in [6, 6.07) is 5.60. The van der Waals surface area contributed by atoms with E-state index >= 15 is 0 Å². The minimum Gasteiger partial charge on any atom is -0.324 e. The zero-order chi connectivity index (χ0) is 13.1. The lowest BCUT2D eigenvalue weighted by Crippen LogP contribution is -2.19. The molecule has 1 N–H and O–H groups in total. The van der Waals surface area contributed by atoms with Crippen molar-refractivity contribution in [2.24, 2.45) is 0 Å². The Labute approximate surface area is 112 Å². The maximum Gasteiger partial charge on any atom is 0.234 e. The van der Waals surface area contributed by atoms with Gasteiger partial charge in [-0.25, -0.2) is 0 Å². The molecule has 0 spiro atoms. The van der Waals surface area contributed by atoms with Crippen molar-refractivity contribution in [3.8, 4) is 0 Å². The molecule has 0 aliphatic rings. The molecular weight excluding hydrogens is 254 g/mol. The molecule has 1 aromatic carbocycles. The number of rotatable bonds is 3. The number of amides is 1. The minimum atomic E-state index is -0.0179. The molecule has 4 heteroatoms. The SMILES string of the molecule is Cc1ccc(NC(=O)CSC(C)(C)C)c(Cl)c1. The Bertz CT molecular complexity index is 412. The third-order valence-electron chi connectivity index (χ3n) is 2.03. The van der Waals surface area contributed by atoms with Gasteiger partial charge in [-0.1, -0.05) is 38.4 Å². The van der Waals surface area contributed by atoms with Gasteiger partial charge in [0.05, 0.1) is 16.5 Å². The van der Waals surface area contributed by atoms with Gasteiger partial charge in [0, 0.05) is 4.75 Å². The Balaban J connectivity index is 2.57. The molecule has 0 fully saturated rings. The van der Waals surface area contributed by atoms with Gasteiger partial charge in [0.2, 0.25) is 5.91 Å². The molecule has 1 aromatic rings. The lowest BCUT2D eigenvalue weighted by Gasteiger charge is -2.17. The second kappa shape index (κ2) is 5.78. The van der Waals surface area contributed by atoms with E-state index in [-0.39, 0.29) is 10.7 Å². The van der Waals surface area contributed by atoms with E-state index in [9.17, 15) is 4.79 Å². The van der Waals surface area contributed by atoms with E-state index in [2.05, 4.69) is 26.1 Å². The monoisotopic (exact) mass is 271 g/mol. The first-order valence-electron chi connectivity index (χ1n) is 5.48. The van der Waals surface area contributed by atoms with E-state index in [1.807, 2.05) is 25.1 Å². The number of benzene rings is 1. The average molecular weight is 272 g/mol. The quantitative estimate of drug-likeness (QED) is 0.896. The Morgan fingerprint density at radius 3 is 2.59 bits per heavy atom. The third kappa shape index (κ3) is 5.46. The van der Waals surface area contributed by atoms with Gasteiger partial charge >= 0.3 is 0 Å². The highest BCUT2D eigenvalue weighted by Crippen LogP contribution is 2.25. The fourth-order valence-corrected chi connectivity index (χ4v) is 2.11. The molecule has 0 bridgehead atoms. The van der Waals surface area contributed by atoms with Crippen LogP contribution in [-0.4, -0.2) is 16.4 Å². The number of hydrogen-bond donors (Lipinski definition) is 1. The molecule has 0 aromatic heterocycles. The predicted octanol–water partition coefficient (Wildman–Crippen LogP) is 4.12. The molecule has 94 valence electrons. The highest BCUT2D eigenvalue weighted by molar-refractivity contribution is 8.01. The average Bonchev–Trinajstić information content (AvgIpc) is 2.18. The summed E-state index contributed by atoms with van der Waals surface area (Å²) in [4.78, 5) is 11.7. The second-order valence-electron chi connectivity index (χ2n) is 4.93. The van der Waals surface area contributed by atoms with Crippen LogP contribution in [0.2, 0.25) is 5.02 Å². The van der Waals surface area contributed by atoms with Crippen molar-refractivity contribution in [2.75, 3.05) is 11.1 Å². The topological polar surface area (TPSA) is 29.1 Å². The first-order valence-corrected chi connectivity index (χ1v) is 6.84. The normalized spacial score (nSPS) is 11.4. The number of hydrogen-bond acceptors (Lipinski definition) is 2. The molecule has 1 rings (SSSR count). The van der Waals surface area contributed by atoms with E-state index in [4.69, 9.17) is 11.6 Å². The highest BCUT2D eigenvalue weighted by atomic mass is 35.5. The van der Waals surface area contributed by atoms with Crippen molar-refractivity contribution < 1.29 is 4.79 Å². The minimum absolute atomic E-state index is 0.0179. The number of halogens is 1. The molecule has 0 heterocycles. The summed E-state index contributed by atoms with van der Waals surface area (Å²) in [5.74, 6) is 0.420. The van der Waals surface area contributed by atoms with Crippen LogP contribution < -0.4 is 5.32 Å². The molecule has 0 atom stereocenters. The lowest BCUT2D eigenvalue weighted by molar-refractivity contribution is -0.113. The largest absolute Gasteiger partial charge is 0.324 e. The molecule has 17 heavy (non-hydrogen) atoms. The summed E-state index contributed by atoms with van der Waals surface area (Å²) in [6.45, 7) is 8.23. The van der Waals surface area contributed by atoms with Crippen LogP contribution in [-0.2, 0) is 4.79 Å². The maximum atomic E-state index is 11.7. The third-order valence-corrected chi connectivity index (χ3v) is 3.62. The van der Waals surface area contributed by atoms with E-state index in [1.165, 1.54) is 0 Å². The van der Waals surface area contributed by atoms with Crippen molar-refractivity contribution in [1.82, 2.24) is 0 Å². The molecule has 0 saturated carbocycles. The van der Waals surface area contributed by atoms with E-state index in [0.717, 1.165) is 5.56 Å². The molecule has 0 saturated heterocycles. The Morgan fingerprint density at radius 1 is 1.41 bits per heavy atom. The zero-order valence-corrected chi connectivity index (χ0v) is 12.2. The summed E-state index contributed by atoms with van der Waals surface area (Å²) < 4.78 is 0.0917. The Hall–Kier alpha value is -0.670. The lowest BCUT2D eigenvalue weighted by atomic mass is 10.2. The zero-order valence-electron chi connectivity index (χ0n) is 10.6. The summed E-state index contributed by atoms with van der Waals surface area (Å²) in [5, 5.41) is 3.40. The molecule has 0 aliphatic carbocycles. The number of thioether (sulfide) groups is 1. The summed E-state index contributed by atoms with van der Waals surface area (Å²) >= 11 is 7.66. The number of nitrogens with one attached hydrogen (secondary N) is 1. The number of carbonyl (C=O) groups excluding carboxylic acids is 1. The molecule has 0 aliphatic heterocycles. The van der Waals surface area contributed by atoms with Gasteiger partial charge in [0.15, 0.2) is 0 Å². The fraction of sp³-hybridized carbons (Fsp3) is 0.462. The number of anilines is 1. The van der Waals surface area contributed by atoms with Crippen LogP contribution in [0.25, 0.3) is 0 Å². The van der Waals surface area contributed by atoms with Gasteiger partial charge in [-0.15, -0.1) is 11.8 Å². The van der Waals surface area contributed by atoms with Crippen molar-refractivity contribution in [2.45, 2.75) is 32.4 Å². The van der Waals surface area contributed by atoms with Crippen LogP contribution in [0, 0.1) is 6.92 Å². The van der Waals surface area contributed by atoms with Gasteiger partial charge in [-0.05, 0) is 24.6 Å². The van der Waals surface area contributed by atoms with Gasteiger partial charge in [0.25, 0.3) is 0 Å². The maximum absolute atomic E-state index is 11.7. The first-order chi connectivity index (χ1) is 7.78. The molecule has 2 nitrogen and oxygen atoms in total. The Morgan fingerprint density at radius 2 is 2.06 bits per heavy atom. The van der Waals surface area contributed by atoms with Crippen LogP contribution >= 0.6 is 23.4 Å². The van der Waals surface area contributed by atoms with Crippen LogP contribution in [0.15, 0.2) is 18.2 Å².